The van der Waals surface area contributed by atoms with Crippen molar-refractivity contribution in [2.45, 2.75) is 57.8 Å². The Balaban J connectivity index is 0.0000000972. The van der Waals surface area contributed by atoms with Crippen molar-refractivity contribution in [3.05, 3.63) is 428 Å². The van der Waals surface area contributed by atoms with Crippen LogP contribution in [0.2, 0.25) is 0 Å². The Labute approximate surface area is 837 Å². The van der Waals surface area contributed by atoms with Crippen molar-refractivity contribution in [2.24, 2.45) is 0 Å². The van der Waals surface area contributed by atoms with Gasteiger partial charge in [0.15, 0.2) is 5.58 Å². The zero-order chi connectivity index (χ0) is 95.6. The number of thiophene rings is 2. The molecular weight excluding hydrogens is 1800 g/mol. The van der Waals surface area contributed by atoms with Crippen LogP contribution in [0.15, 0.2) is 399 Å². The largest absolute Gasteiger partial charge is 0.452 e. The third-order valence-corrected chi connectivity index (χ3v) is 35.1. The lowest BCUT2D eigenvalue weighted by Crippen LogP contribution is -2.15. The molecule has 22 aromatic carbocycles. The molecule has 9 heterocycles. The van der Waals surface area contributed by atoms with E-state index < -0.39 is 0 Å². The average molecular weight is 1890 g/mol. The summed E-state index contributed by atoms with van der Waals surface area (Å²) in [7, 11) is 0. The fraction of sp³-hybridized carbons (Fsp3) is 0.0677. The number of hydrogen-bond donors (Lipinski definition) is 0. The molecule has 0 saturated heterocycles. The van der Waals surface area contributed by atoms with Crippen LogP contribution in [-0.4, -0.2) is 43.6 Å². The smallest absolute Gasteiger partial charge is 0.236 e. The van der Waals surface area contributed by atoms with E-state index in [-0.39, 0.29) is 16.2 Å². The minimum Gasteiger partial charge on any atom is -0.452 e. The van der Waals surface area contributed by atoms with Gasteiger partial charge in [-0.2, -0.15) is 0 Å². The maximum atomic E-state index is 6.46. The molecule has 3 aliphatic rings. The van der Waals surface area contributed by atoms with E-state index in [1.807, 2.05) is 47.7 Å². The zero-order valence-electron chi connectivity index (χ0n) is 79.8. The molecule has 0 bridgehead atoms. The maximum absolute atomic E-state index is 6.46. The molecular formula is C133H83N9OS2. The summed E-state index contributed by atoms with van der Waals surface area (Å²) < 4.78 is 18.3. The van der Waals surface area contributed by atoms with E-state index in [9.17, 15) is 0 Å². The molecule has 0 aliphatic heterocycles. The van der Waals surface area contributed by atoms with Gasteiger partial charge in [-0.1, -0.05) is 369 Å². The van der Waals surface area contributed by atoms with Gasteiger partial charge in [-0.05, 0) is 197 Å². The van der Waals surface area contributed by atoms with Gasteiger partial charge in [0, 0.05) is 106 Å². The van der Waals surface area contributed by atoms with Gasteiger partial charge in [-0.3, -0.25) is 13.7 Å². The van der Waals surface area contributed by atoms with Crippen LogP contribution in [0.3, 0.4) is 0 Å². The molecule has 31 aromatic rings. The van der Waals surface area contributed by atoms with E-state index in [0.29, 0.717) is 23.4 Å². The number of aromatic nitrogens is 9. The van der Waals surface area contributed by atoms with Gasteiger partial charge in [0.2, 0.25) is 17.8 Å². The van der Waals surface area contributed by atoms with E-state index in [1.54, 1.807) is 11.3 Å². The van der Waals surface area contributed by atoms with Crippen LogP contribution in [0.5, 0.6) is 0 Å². The van der Waals surface area contributed by atoms with Gasteiger partial charge >= 0.3 is 0 Å². The average Bonchev–Trinajstić information content (AvgIpc) is 1.52. The minimum atomic E-state index is -0.136. The summed E-state index contributed by atoms with van der Waals surface area (Å²) in [4.78, 5) is 32.5. The number of nitrogens with zero attached hydrogens (tertiary/aromatic N) is 9. The van der Waals surface area contributed by atoms with Crippen molar-refractivity contribution in [3.63, 3.8) is 0 Å². The summed E-state index contributed by atoms with van der Waals surface area (Å²) in [6, 6.07) is 143. The normalized spacial score (nSPS) is 13.9. The lowest BCUT2D eigenvalue weighted by atomic mass is 9.81. The van der Waals surface area contributed by atoms with Crippen LogP contribution in [0.1, 0.15) is 74.9 Å². The van der Waals surface area contributed by atoms with Crippen molar-refractivity contribution in [1.29, 1.82) is 0 Å². The number of fused-ring (bicyclic) bond motifs is 19. The topological polar surface area (TPSA) is 105 Å². The second-order valence-corrected chi connectivity index (χ2v) is 43.3. The molecule has 0 N–H and O–H groups in total. The highest BCUT2D eigenvalue weighted by Crippen LogP contribution is 2.59. The zero-order valence-corrected chi connectivity index (χ0v) is 81.4. The van der Waals surface area contributed by atoms with E-state index in [2.05, 4.69) is 413 Å². The van der Waals surface area contributed by atoms with E-state index in [4.69, 9.17) is 34.3 Å². The van der Waals surface area contributed by atoms with Crippen LogP contribution in [-0.2, 0) is 16.2 Å². The first-order valence-electron chi connectivity index (χ1n) is 50.0. The molecule has 10 nitrogen and oxygen atoms in total. The predicted molar refractivity (Wildman–Crippen MR) is 610 cm³/mol. The highest BCUT2D eigenvalue weighted by atomic mass is 32.1. The Hall–Kier alpha value is -17.7. The minimum absolute atomic E-state index is 0.122. The van der Waals surface area contributed by atoms with Crippen molar-refractivity contribution in [1.82, 2.24) is 43.6 Å². The van der Waals surface area contributed by atoms with Crippen LogP contribution >= 0.6 is 22.7 Å². The van der Waals surface area contributed by atoms with Gasteiger partial charge in [-0.25, -0.2) is 29.9 Å². The fourth-order valence-electron chi connectivity index (χ4n) is 26.4. The summed E-state index contributed by atoms with van der Waals surface area (Å²) in [5, 5.41) is 36.7. The molecule has 0 atom stereocenters. The van der Waals surface area contributed by atoms with Crippen LogP contribution in [0, 0.1) is 0 Å². The molecule has 0 amide bonds. The fourth-order valence-corrected chi connectivity index (χ4v) is 28.7. The number of benzene rings is 19. The summed E-state index contributed by atoms with van der Waals surface area (Å²) in [6.07, 6.45) is 0. The molecule has 678 valence electrons. The number of para-hydroxylation sites is 2. The molecule has 0 unspecified atom stereocenters. The molecule has 145 heavy (non-hydrogen) atoms. The Bertz CT molecular complexity index is 10900. The standard InChI is InChI=1S/C47H29N3S.C43H27N3O.C43H27N3S/c1-47(2)34-20-10-16-29-26-12-3-4-13-27(26)30-17-11-22-37-41(30)43-38(25-24-35(47)42(43)40(29)34)50(37)46-48-36-21-7-5-15-32(36)44(49-46)33-19-9-18-31-28-14-6-8-23-39(28)51-45(31)33;2*1-43(2)30-19-10-17-27-25-14-6-7-15-26(25)28-18-11-20-32-36(28)38-33(23-22-31(43)37(38)35(27)30)46(32)42-44-39(24-12-4-3-5-13-24)41-40(45-42)29-16-8-9-21-34(29)47-41/h3-25H,1-2H3;2*3-23H,1-2H3. The van der Waals surface area contributed by atoms with Gasteiger partial charge < -0.3 is 4.42 Å². The Kier molecular flexibility index (Phi) is 16.4. The first-order chi connectivity index (χ1) is 71.3. The lowest BCUT2D eigenvalue weighted by molar-refractivity contribution is 0.663. The Morgan fingerprint density at radius 3 is 1.01 bits per heavy atom. The predicted octanol–water partition coefficient (Wildman–Crippen LogP) is 35.8. The summed E-state index contributed by atoms with van der Waals surface area (Å²) >= 11 is 3.62. The van der Waals surface area contributed by atoms with Gasteiger partial charge in [-0.15, -0.1) is 22.7 Å². The summed E-state index contributed by atoms with van der Waals surface area (Å²) in [5.41, 5.74) is 24.8. The first-order valence-corrected chi connectivity index (χ1v) is 51.6. The Morgan fingerprint density at radius 2 is 0.531 bits per heavy atom. The molecule has 0 saturated carbocycles. The third-order valence-electron chi connectivity index (χ3n) is 32.7. The highest BCUT2D eigenvalue weighted by molar-refractivity contribution is 7.26. The van der Waals surface area contributed by atoms with Gasteiger partial charge in [0.25, 0.3) is 0 Å². The molecule has 12 heteroatoms. The van der Waals surface area contributed by atoms with Crippen molar-refractivity contribution < 1.29 is 4.42 Å². The molecule has 34 rings (SSSR count). The van der Waals surface area contributed by atoms with Crippen molar-refractivity contribution >= 4 is 258 Å². The van der Waals surface area contributed by atoms with Gasteiger partial charge in [0.1, 0.15) is 16.8 Å². The molecule has 3 aliphatic carbocycles. The molecule has 9 aromatic heterocycles. The highest BCUT2D eigenvalue weighted by Gasteiger charge is 2.41. The lowest BCUT2D eigenvalue weighted by Gasteiger charge is -2.22. The third kappa shape index (κ3) is 10.8. The van der Waals surface area contributed by atoms with E-state index >= 15 is 0 Å². The second kappa shape index (κ2) is 29.3. The number of rotatable bonds is 6. The summed E-state index contributed by atoms with van der Waals surface area (Å²) in [6.45, 7) is 14.2. The first kappa shape index (κ1) is 81.1. The van der Waals surface area contributed by atoms with E-state index in [0.717, 1.165) is 104 Å². The Morgan fingerprint density at radius 1 is 0.207 bits per heavy atom. The molecule has 0 fully saturated rings. The quantitative estimate of drug-likeness (QED) is 0.163. The molecule has 0 spiro atoms. The SMILES string of the molecule is CC1(C)c2cccc3c4ccccc4c4cccc5c4c4c(c1ccc4n5-c1nc(-c4cccc5c4sc4ccccc45)c4ccccc4n1)c23.CC1(C)c2cccc3c4ccccc4c4cccc5c4c4c(c1ccc4n5-c1nc(-c4ccccc4)c4oc5ccccc5c4n1)c23.CC1(C)c2cccc3c4ccccc4c4cccc5c4c4c(c1ccc4n5-c1nc(-c4ccccc4)c4sc5ccccc5c4n1)c23. The van der Waals surface area contributed by atoms with Crippen LogP contribution in [0.25, 0.3) is 287 Å². The van der Waals surface area contributed by atoms with E-state index in [1.165, 1.54) is 193 Å². The van der Waals surface area contributed by atoms with Crippen molar-refractivity contribution in [2.75, 3.05) is 0 Å². The summed E-state index contributed by atoms with van der Waals surface area (Å²) in [5.74, 6) is 2.03. The maximum Gasteiger partial charge on any atom is 0.236 e. The van der Waals surface area contributed by atoms with Crippen LogP contribution in [0.4, 0.5) is 0 Å². The number of hydrogen-bond acceptors (Lipinski definition) is 9. The number of furan rings is 1. The van der Waals surface area contributed by atoms with Crippen molar-refractivity contribution in [3.8, 4) is 51.6 Å². The van der Waals surface area contributed by atoms with Gasteiger partial charge in [0.05, 0.1) is 60.2 Å². The van der Waals surface area contributed by atoms with Crippen LogP contribution < -0.4 is 0 Å². The second-order valence-electron chi connectivity index (χ2n) is 41.1. The molecule has 0 radical (unpaired) electrons. The monoisotopic (exact) mass is 1890 g/mol.